The standard InChI is InChI=1S/C21H19ClN2O/c1-14-8-9-15(2)19(11-14)20(17-6-4-10-23-13-17)24-21(25)16-5-3-7-18(22)12-16/h3-13,20H,1-2H3,(H,24,25)/t20-/m0/s1. The normalized spacial score (nSPS) is 11.8. The molecule has 0 bridgehead atoms. The monoisotopic (exact) mass is 350 g/mol. The summed E-state index contributed by atoms with van der Waals surface area (Å²) in [5, 5.41) is 3.66. The molecule has 0 fully saturated rings. The highest BCUT2D eigenvalue weighted by atomic mass is 35.5. The molecule has 0 radical (unpaired) electrons. The number of halogens is 1. The van der Waals surface area contributed by atoms with Crippen LogP contribution in [-0.2, 0) is 0 Å². The highest BCUT2D eigenvalue weighted by molar-refractivity contribution is 6.30. The van der Waals surface area contributed by atoms with Gasteiger partial charge in [0.1, 0.15) is 0 Å². The molecular formula is C21H19ClN2O. The smallest absolute Gasteiger partial charge is 0.252 e. The maximum Gasteiger partial charge on any atom is 0.252 e. The minimum absolute atomic E-state index is 0.169. The molecule has 1 heterocycles. The molecule has 0 saturated carbocycles. The van der Waals surface area contributed by atoms with Crippen molar-refractivity contribution in [2.45, 2.75) is 19.9 Å². The van der Waals surface area contributed by atoms with Crippen LogP contribution >= 0.6 is 11.6 Å². The fourth-order valence-corrected chi connectivity index (χ4v) is 2.99. The van der Waals surface area contributed by atoms with Crippen LogP contribution in [0.15, 0.2) is 67.0 Å². The van der Waals surface area contributed by atoms with Crippen molar-refractivity contribution >= 4 is 17.5 Å². The van der Waals surface area contributed by atoms with Crippen LogP contribution in [0.4, 0.5) is 0 Å². The molecule has 0 saturated heterocycles. The summed E-state index contributed by atoms with van der Waals surface area (Å²) in [5.74, 6) is -0.169. The molecule has 3 rings (SSSR count). The van der Waals surface area contributed by atoms with Crippen LogP contribution in [0.25, 0.3) is 0 Å². The molecule has 3 nitrogen and oxygen atoms in total. The largest absolute Gasteiger partial charge is 0.341 e. The summed E-state index contributed by atoms with van der Waals surface area (Å²) in [6.07, 6.45) is 3.51. The number of nitrogens with one attached hydrogen (secondary N) is 1. The van der Waals surface area contributed by atoms with Gasteiger partial charge in [0.15, 0.2) is 0 Å². The minimum Gasteiger partial charge on any atom is -0.341 e. The molecule has 126 valence electrons. The first-order valence-electron chi connectivity index (χ1n) is 8.08. The Morgan fingerprint density at radius 3 is 2.64 bits per heavy atom. The third-order valence-electron chi connectivity index (χ3n) is 4.13. The van der Waals surface area contributed by atoms with Crippen LogP contribution in [0.5, 0.6) is 0 Å². The Kier molecular flexibility index (Phi) is 5.15. The lowest BCUT2D eigenvalue weighted by molar-refractivity contribution is 0.0943. The van der Waals surface area contributed by atoms with Gasteiger partial charge in [0, 0.05) is 23.0 Å². The first kappa shape index (κ1) is 17.2. The van der Waals surface area contributed by atoms with Crippen molar-refractivity contribution in [3.63, 3.8) is 0 Å². The molecule has 2 aromatic carbocycles. The number of rotatable bonds is 4. The maximum atomic E-state index is 12.8. The third kappa shape index (κ3) is 4.06. The Labute approximate surface area is 152 Å². The number of aromatic nitrogens is 1. The summed E-state index contributed by atoms with van der Waals surface area (Å²) in [7, 11) is 0. The van der Waals surface area contributed by atoms with Crippen LogP contribution in [0.2, 0.25) is 5.02 Å². The SMILES string of the molecule is Cc1ccc(C)c([C@@H](NC(=O)c2cccc(Cl)c2)c2cccnc2)c1. The van der Waals surface area contributed by atoms with Gasteiger partial charge in [0.2, 0.25) is 0 Å². The summed E-state index contributed by atoms with van der Waals surface area (Å²) < 4.78 is 0. The van der Waals surface area contributed by atoms with Gasteiger partial charge in [-0.05, 0) is 54.8 Å². The molecule has 0 aliphatic rings. The lowest BCUT2D eigenvalue weighted by Crippen LogP contribution is -2.30. The van der Waals surface area contributed by atoms with Crippen molar-refractivity contribution in [1.29, 1.82) is 0 Å². The van der Waals surface area contributed by atoms with Crippen molar-refractivity contribution in [1.82, 2.24) is 10.3 Å². The quantitative estimate of drug-likeness (QED) is 0.729. The van der Waals surface area contributed by atoms with Crippen LogP contribution in [-0.4, -0.2) is 10.9 Å². The molecule has 0 spiro atoms. The number of aryl methyl sites for hydroxylation is 2. The van der Waals surface area contributed by atoms with Crippen molar-refractivity contribution < 1.29 is 4.79 Å². The fourth-order valence-electron chi connectivity index (χ4n) is 2.80. The number of hydrogen-bond donors (Lipinski definition) is 1. The van der Waals surface area contributed by atoms with Gasteiger partial charge in [-0.2, -0.15) is 0 Å². The molecule has 25 heavy (non-hydrogen) atoms. The number of nitrogens with zero attached hydrogens (tertiary/aromatic N) is 1. The molecule has 1 amide bonds. The van der Waals surface area contributed by atoms with Crippen molar-refractivity contribution in [2.24, 2.45) is 0 Å². The third-order valence-corrected chi connectivity index (χ3v) is 4.36. The molecule has 1 N–H and O–H groups in total. The predicted molar refractivity (Wildman–Crippen MR) is 101 cm³/mol. The molecule has 4 heteroatoms. The van der Waals surface area contributed by atoms with E-state index in [9.17, 15) is 4.79 Å². The van der Waals surface area contributed by atoms with Gasteiger partial charge in [-0.3, -0.25) is 9.78 Å². The number of carbonyl (C=O) groups is 1. The van der Waals surface area contributed by atoms with Gasteiger partial charge in [0.25, 0.3) is 5.91 Å². The Hall–Kier alpha value is -2.65. The number of carbonyl (C=O) groups excluding carboxylic acids is 1. The van der Waals surface area contributed by atoms with E-state index in [1.807, 2.05) is 26.0 Å². The van der Waals surface area contributed by atoms with E-state index in [0.717, 1.165) is 22.3 Å². The van der Waals surface area contributed by atoms with E-state index in [4.69, 9.17) is 11.6 Å². The van der Waals surface area contributed by atoms with E-state index in [-0.39, 0.29) is 11.9 Å². The van der Waals surface area contributed by atoms with E-state index in [1.165, 1.54) is 0 Å². The van der Waals surface area contributed by atoms with Gasteiger partial charge in [-0.15, -0.1) is 0 Å². The Bertz CT molecular complexity index is 893. The van der Waals surface area contributed by atoms with Crippen LogP contribution < -0.4 is 5.32 Å². The van der Waals surface area contributed by atoms with Gasteiger partial charge in [0.05, 0.1) is 6.04 Å². The van der Waals surface area contributed by atoms with Gasteiger partial charge < -0.3 is 5.32 Å². The van der Waals surface area contributed by atoms with Crippen molar-refractivity contribution in [2.75, 3.05) is 0 Å². The summed E-state index contributed by atoms with van der Waals surface area (Å²) in [6, 6.07) is 16.8. The maximum absolute atomic E-state index is 12.8. The van der Waals surface area contributed by atoms with Crippen molar-refractivity contribution in [3.8, 4) is 0 Å². The first-order chi connectivity index (χ1) is 12.0. The fraction of sp³-hybridized carbons (Fsp3) is 0.143. The average Bonchev–Trinajstić information content (AvgIpc) is 2.62. The van der Waals surface area contributed by atoms with E-state index in [0.29, 0.717) is 10.6 Å². The van der Waals surface area contributed by atoms with E-state index < -0.39 is 0 Å². The van der Waals surface area contributed by atoms with Gasteiger partial charge in [-0.1, -0.05) is 47.5 Å². The summed E-state index contributed by atoms with van der Waals surface area (Å²) in [6.45, 7) is 4.09. The van der Waals surface area contributed by atoms with Gasteiger partial charge >= 0.3 is 0 Å². The minimum atomic E-state index is -0.278. The summed E-state index contributed by atoms with van der Waals surface area (Å²) in [5.41, 5.74) is 4.79. The van der Waals surface area contributed by atoms with Gasteiger partial charge in [-0.25, -0.2) is 0 Å². The summed E-state index contributed by atoms with van der Waals surface area (Å²) in [4.78, 5) is 17.0. The van der Waals surface area contributed by atoms with E-state index in [2.05, 4.69) is 28.5 Å². The Balaban J connectivity index is 2.00. The van der Waals surface area contributed by atoms with Crippen LogP contribution in [0.1, 0.15) is 38.7 Å². The average molecular weight is 351 g/mol. The number of hydrogen-bond acceptors (Lipinski definition) is 2. The topological polar surface area (TPSA) is 42.0 Å². The van der Waals surface area contributed by atoms with Crippen LogP contribution in [0, 0.1) is 13.8 Å². The number of amides is 1. The number of benzene rings is 2. The molecule has 0 aliphatic carbocycles. The van der Waals surface area contributed by atoms with E-state index >= 15 is 0 Å². The second-order valence-electron chi connectivity index (χ2n) is 6.06. The zero-order valence-corrected chi connectivity index (χ0v) is 14.9. The molecular weight excluding hydrogens is 332 g/mol. The Morgan fingerprint density at radius 1 is 1.08 bits per heavy atom. The summed E-state index contributed by atoms with van der Waals surface area (Å²) >= 11 is 6.02. The second-order valence-corrected chi connectivity index (χ2v) is 6.50. The lowest BCUT2D eigenvalue weighted by Gasteiger charge is -2.22. The molecule has 3 aromatic rings. The predicted octanol–water partition coefficient (Wildman–Crippen LogP) is 4.87. The number of pyridine rings is 1. The molecule has 0 aliphatic heterocycles. The molecule has 0 unspecified atom stereocenters. The zero-order chi connectivity index (χ0) is 17.8. The van der Waals surface area contributed by atoms with Crippen molar-refractivity contribution in [3.05, 3.63) is 99.8 Å². The lowest BCUT2D eigenvalue weighted by atomic mass is 9.94. The second kappa shape index (κ2) is 7.49. The van der Waals surface area contributed by atoms with E-state index in [1.54, 1.807) is 36.7 Å². The highest BCUT2D eigenvalue weighted by Crippen LogP contribution is 2.26. The van der Waals surface area contributed by atoms with Crippen LogP contribution in [0.3, 0.4) is 0 Å². The highest BCUT2D eigenvalue weighted by Gasteiger charge is 2.20. The zero-order valence-electron chi connectivity index (χ0n) is 14.2. The Morgan fingerprint density at radius 2 is 1.92 bits per heavy atom. The molecule has 1 atom stereocenters. The molecule has 1 aromatic heterocycles. The first-order valence-corrected chi connectivity index (χ1v) is 8.46.